The van der Waals surface area contributed by atoms with Crippen LogP contribution in [-0.4, -0.2) is 39.4 Å². The Labute approximate surface area is 145 Å². The first kappa shape index (κ1) is 16.8. The summed E-state index contributed by atoms with van der Waals surface area (Å²) in [4.78, 5) is 30.2. The average molecular weight is 340 g/mol. The summed E-state index contributed by atoms with van der Waals surface area (Å²) in [6.07, 6.45) is 5.41. The zero-order valence-electron chi connectivity index (χ0n) is 14.8. The minimum absolute atomic E-state index is 0.130. The average Bonchev–Trinajstić information content (AvgIpc) is 3.09. The van der Waals surface area contributed by atoms with Crippen molar-refractivity contribution in [2.24, 2.45) is 5.92 Å². The fraction of sp³-hybridized carbons (Fsp3) is 0.353. The summed E-state index contributed by atoms with van der Waals surface area (Å²) in [5, 5.41) is 2.74. The molecule has 3 aromatic heterocycles. The summed E-state index contributed by atoms with van der Waals surface area (Å²) < 4.78 is 1.86. The van der Waals surface area contributed by atoms with Gasteiger partial charge in [-0.25, -0.2) is 9.55 Å². The number of H-pyrrole nitrogens is 1. The van der Waals surface area contributed by atoms with Crippen LogP contribution in [0.15, 0.2) is 30.9 Å². The van der Waals surface area contributed by atoms with Gasteiger partial charge in [0.1, 0.15) is 0 Å². The first-order valence-electron chi connectivity index (χ1n) is 8.24. The molecule has 2 N–H and O–H groups in total. The molecule has 0 unspecified atom stereocenters. The van der Waals surface area contributed by atoms with E-state index in [9.17, 15) is 4.79 Å². The molecule has 0 atom stereocenters. The van der Waals surface area contributed by atoms with Crippen LogP contribution in [0, 0.1) is 5.92 Å². The number of hydrogen-bond donors (Lipinski definition) is 2. The van der Waals surface area contributed by atoms with Crippen LogP contribution in [0.3, 0.4) is 0 Å². The summed E-state index contributed by atoms with van der Waals surface area (Å²) in [6, 6.07) is 4.02. The van der Waals surface area contributed by atoms with E-state index in [0.29, 0.717) is 17.0 Å². The van der Waals surface area contributed by atoms with Crippen molar-refractivity contribution in [3.63, 3.8) is 0 Å². The number of carbonyl (C=O) groups is 1. The Hall–Kier alpha value is -3.03. The molecule has 0 aromatic carbocycles. The third-order valence-electron chi connectivity index (χ3n) is 3.99. The van der Waals surface area contributed by atoms with Gasteiger partial charge in [0.25, 0.3) is 0 Å². The van der Waals surface area contributed by atoms with Crippen LogP contribution < -0.4 is 14.8 Å². The summed E-state index contributed by atoms with van der Waals surface area (Å²) in [7, 11) is 2.04. The predicted molar refractivity (Wildman–Crippen MR) is 95.6 cm³/mol. The highest BCUT2D eigenvalue weighted by molar-refractivity contribution is 5.91. The number of nitrogens with one attached hydrogen (secondary N) is 2. The van der Waals surface area contributed by atoms with Crippen LogP contribution in [0.2, 0.25) is 0 Å². The number of fused-ring (bicyclic) bond motifs is 1. The Morgan fingerprint density at radius 2 is 2.04 bits per heavy atom. The lowest BCUT2D eigenvalue weighted by Gasteiger charge is -2.15. The van der Waals surface area contributed by atoms with E-state index in [1.54, 1.807) is 6.33 Å². The van der Waals surface area contributed by atoms with E-state index in [-0.39, 0.29) is 17.8 Å². The van der Waals surface area contributed by atoms with Gasteiger partial charge < -0.3 is 9.88 Å². The predicted octanol–water partition coefficient (Wildman–Crippen LogP) is 1.68. The molecular formula is C17H22N7O+. The van der Waals surface area contributed by atoms with Gasteiger partial charge in [0, 0.05) is 42.3 Å². The molecule has 3 aromatic rings. The maximum Gasteiger partial charge on any atom is 0.361 e. The number of imidazole rings is 1. The Balaban J connectivity index is 2.02. The molecule has 1 amide bonds. The normalized spacial score (nSPS) is 11.1. The van der Waals surface area contributed by atoms with Crippen LogP contribution >= 0.6 is 0 Å². The first-order valence-corrected chi connectivity index (χ1v) is 8.24. The number of aromatic nitrogens is 5. The molecule has 0 aliphatic heterocycles. The molecule has 0 saturated carbocycles. The molecule has 8 heteroatoms. The maximum atomic E-state index is 12.0. The number of carbonyl (C=O) groups excluding carboxylic acids is 1. The first-order chi connectivity index (χ1) is 12.0. The van der Waals surface area contributed by atoms with Crippen LogP contribution in [-0.2, 0) is 4.79 Å². The molecule has 3 rings (SSSR count). The monoisotopic (exact) mass is 340 g/mol. The largest absolute Gasteiger partial charge is 0.375 e. The molecular weight excluding hydrogens is 318 g/mol. The molecule has 3 heterocycles. The number of amides is 1. The van der Waals surface area contributed by atoms with Gasteiger partial charge in [-0.05, 0) is 6.92 Å². The number of anilines is 2. The molecule has 8 nitrogen and oxygen atoms in total. The van der Waals surface area contributed by atoms with Gasteiger partial charge >= 0.3 is 11.8 Å². The quantitative estimate of drug-likeness (QED) is 0.690. The van der Waals surface area contributed by atoms with Crippen LogP contribution in [0.4, 0.5) is 11.6 Å². The number of pyridine rings is 1. The summed E-state index contributed by atoms with van der Waals surface area (Å²) in [5.74, 6) is 0.583. The van der Waals surface area contributed by atoms with Gasteiger partial charge in [-0.15, -0.1) is 0 Å². The molecule has 0 spiro atoms. The van der Waals surface area contributed by atoms with Crippen molar-refractivity contribution in [1.82, 2.24) is 19.9 Å². The van der Waals surface area contributed by atoms with Crippen molar-refractivity contribution in [3.8, 4) is 5.82 Å². The summed E-state index contributed by atoms with van der Waals surface area (Å²) >= 11 is 0. The van der Waals surface area contributed by atoms with Crippen LogP contribution in [0.1, 0.15) is 20.8 Å². The fourth-order valence-corrected chi connectivity index (χ4v) is 2.31. The highest BCUT2D eigenvalue weighted by Gasteiger charge is 2.22. The Kier molecular flexibility index (Phi) is 4.60. The maximum absolute atomic E-state index is 12.0. The van der Waals surface area contributed by atoms with Crippen molar-refractivity contribution in [2.45, 2.75) is 20.8 Å². The zero-order valence-corrected chi connectivity index (χ0v) is 14.8. The molecule has 0 fully saturated rings. The Morgan fingerprint density at radius 3 is 2.68 bits per heavy atom. The Morgan fingerprint density at radius 1 is 1.32 bits per heavy atom. The van der Waals surface area contributed by atoms with E-state index < -0.39 is 0 Å². The third kappa shape index (κ3) is 3.42. The Bertz CT molecular complexity index is 886. The standard InChI is InChI=1S/C17H21N7O/c1-5-23(4)12-6-8-24(9-7-12)15-13-14(19-10-18-13)20-17(21-15)22-16(25)11(2)3/h6-11H,5H2,1-4H3,(H-,18,19,20,21,22,25)/p+1. The van der Waals surface area contributed by atoms with Crippen molar-refractivity contribution >= 4 is 28.7 Å². The number of aromatic amines is 1. The summed E-state index contributed by atoms with van der Waals surface area (Å²) in [5.41, 5.74) is 2.33. The second kappa shape index (κ2) is 6.84. The second-order valence-electron chi connectivity index (χ2n) is 6.09. The van der Waals surface area contributed by atoms with Crippen molar-refractivity contribution < 1.29 is 9.36 Å². The molecule has 25 heavy (non-hydrogen) atoms. The van der Waals surface area contributed by atoms with E-state index in [1.165, 1.54) is 0 Å². The molecule has 0 saturated heterocycles. The van der Waals surface area contributed by atoms with Gasteiger partial charge in [-0.2, -0.15) is 4.98 Å². The van der Waals surface area contributed by atoms with E-state index in [0.717, 1.165) is 12.2 Å². The molecule has 130 valence electrons. The van der Waals surface area contributed by atoms with Gasteiger partial charge in [-0.1, -0.05) is 13.8 Å². The minimum atomic E-state index is -0.152. The molecule has 0 bridgehead atoms. The topological polar surface area (TPSA) is 90.7 Å². The van der Waals surface area contributed by atoms with Gasteiger partial charge in [-0.3, -0.25) is 10.1 Å². The van der Waals surface area contributed by atoms with E-state index in [2.05, 4.69) is 37.1 Å². The van der Waals surface area contributed by atoms with Crippen LogP contribution in [0.5, 0.6) is 0 Å². The number of nitrogens with zero attached hydrogens (tertiary/aromatic N) is 5. The van der Waals surface area contributed by atoms with Gasteiger partial charge in [0.05, 0.1) is 18.7 Å². The fourth-order valence-electron chi connectivity index (χ4n) is 2.31. The molecule has 0 radical (unpaired) electrons. The highest BCUT2D eigenvalue weighted by atomic mass is 16.2. The van der Waals surface area contributed by atoms with Crippen molar-refractivity contribution in [2.75, 3.05) is 23.8 Å². The number of rotatable bonds is 5. The van der Waals surface area contributed by atoms with E-state index in [4.69, 9.17) is 0 Å². The van der Waals surface area contributed by atoms with Crippen molar-refractivity contribution in [3.05, 3.63) is 30.9 Å². The smallest absolute Gasteiger partial charge is 0.361 e. The zero-order chi connectivity index (χ0) is 18.0. The summed E-state index contributed by atoms with van der Waals surface area (Å²) in [6.45, 7) is 6.67. The van der Waals surface area contributed by atoms with Crippen molar-refractivity contribution in [1.29, 1.82) is 0 Å². The minimum Gasteiger partial charge on any atom is -0.375 e. The van der Waals surface area contributed by atoms with E-state index in [1.807, 2.05) is 50.0 Å². The lowest BCUT2D eigenvalue weighted by atomic mass is 10.2. The lowest BCUT2D eigenvalue weighted by molar-refractivity contribution is -0.597. The third-order valence-corrected chi connectivity index (χ3v) is 3.99. The lowest BCUT2D eigenvalue weighted by Crippen LogP contribution is -2.33. The second-order valence-corrected chi connectivity index (χ2v) is 6.09. The van der Waals surface area contributed by atoms with E-state index >= 15 is 0 Å². The highest BCUT2D eigenvalue weighted by Crippen LogP contribution is 2.15. The van der Waals surface area contributed by atoms with Gasteiger partial charge in [0.15, 0.2) is 5.65 Å². The molecule has 0 aliphatic carbocycles. The van der Waals surface area contributed by atoms with Crippen LogP contribution in [0.25, 0.3) is 17.0 Å². The molecule has 0 aliphatic rings. The SMILES string of the molecule is CCN(C)c1cc[n+](-c2nc(NC(=O)C(C)C)nc3[nH]cnc23)cc1. The number of hydrogen-bond acceptors (Lipinski definition) is 5. The van der Waals surface area contributed by atoms with Gasteiger partial charge in [0.2, 0.25) is 11.4 Å².